The molecule has 498 valence electrons. The number of fused-ring (bicyclic) bond motifs is 10. The minimum atomic E-state index is -0.225. The van der Waals surface area contributed by atoms with Crippen molar-refractivity contribution in [2.45, 2.75) is 181 Å². The Hall–Kier alpha value is -9.25. The third-order valence-corrected chi connectivity index (χ3v) is 23.5. The van der Waals surface area contributed by atoms with Gasteiger partial charge in [-0.25, -0.2) is 0 Å². The summed E-state index contributed by atoms with van der Waals surface area (Å²) in [6.45, 7) is 27.1. The maximum Gasteiger partial charge on any atom is 0.256 e. The zero-order valence-electron chi connectivity index (χ0n) is 60.9. The Bertz CT molecular complexity index is 4650. The highest BCUT2D eigenvalue weighted by Crippen LogP contribution is 2.55. The smallest absolute Gasteiger partial charge is 0.256 e. The van der Waals surface area contributed by atoms with E-state index in [2.05, 4.69) is 311 Å². The molecule has 11 aromatic rings. The van der Waals surface area contributed by atoms with Crippen LogP contribution < -0.4 is 52.1 Å². The number of rotatable bonds is 8. The van der Waals surface area contributed by atoms with Gasteiger partial charge in [-0.2, -0.15) is 0 Å². The second-order valence-corrected chi connectivity index (χ2v) is 34.1. The van der Waals surface area contributed by atoms with Gasteiger partial charge in [-0.3, -0.25) is 0 Å². The number of hydrogen-bond donors (Lipinski definition) is 0. The van der Waals surface area contributed by atoms with E-state index < -0.39 is 0 Å². The molecule has 0 aromatic heterocycles. The first-order valence-electron chi connectivity index (χ1n) is 37.5. The van der Waals surface area contributed by atoms with Crippen LogP contribution in [-0.4, -0.2) is 13.4 Å². The van der Waals surface area contributed by atoms with Gasteiger partial charge in [-0.05, 0) is 207 Å². The van der Waals surface area contributed by atoms with Crippen LogP contribution in [0.3, 0.4) is 0 Å². The van der Waals surface area contributed by atoms with Crippen molar-refractivity contribution in [1.82, 2.24) is 0 Å². The van der Waals surface area contributed by atoms with Crippen LogP contribution in [0.5, 0.6) is 23.0 Å². The SMILES string of the molecule is CC(C)(C)c1ccc(-c2ccc(N3c4ccc(-c5ccc(C(C)(C)C)cc5)cc4B4c5cc(C6CCCCC6)ccc5Oc5c4c3c3c4c5N(c5ccc(-c6ccc(C(C)(C)C)cc6)cc5)c5ccc(-c6ccc(C(C)(C)C)cc6)cc5B4c4cc(C5CCCCC5)ccc4O3)cc2)cc1. The molecule has 0 saturated heterocycles. The monoisotopic (exact) mass is 1300 g/mol. The summed E-state index contributed by atoms with van der Waals surface area (Å²) in [6, 6.07) is 85.2. The topological polar surface area (TPSA) is 24.9 Å². The third-order valence-electron chi connectivity index (χ3n) is 23.5. The zero-order valence-corrected chi connectivity index (χ0v) is 60.9. The highest BCUT2D eigenvalue weighted by atomic mass is 16.5. The van der Waals surface area contributed by atoms with Crippen molar-refractivity contribution in [3.05, 3.63) is 252 Å². The van der Waals surface area contributed by atoms with Crippen molar-refractivity contribution >= 4 is 80.3 Å². The molecule has 0 spiro atoms. The number of benzene rings is 11. The minimum Gasteiger partial charge on any atom is -0.456 e. The minimum absolute atomic E-state index is 0.0242. The van der Waals surface area contributed by atoms with Gasteiger partial charge in [-0.1, -0.05) is 291 Å². The maximum absolute atomic E-state index is 8.12. The van der Waals surface area contributed by atoms with E-state index in [4.69, 9.17) is 9.47 Å². The fraction of sp³-hybridized carbons (Fsp3) is 0.298. The van der Waals surface area contributed by atoms with Gasteiger partial charge in [0.05, 0.1) is 11.4 Å². The number of hydrogen-bond acceptors (Lipinski definition) is 4. The van der Waals surface area contributed by atoms with Gasteiger partial charge in [0.2, 0.25) is 0 Å². The Balaban J connectivity index is 0.960. The molecule has 0 bridgehead atoms. The summed E-state index contributed by atoms with van der Waals surface area (Å²) in [7, 11) is 0. The Morgan fingerprint density at radius 3 is 0.870 bits per heavy atom. The van der Waals surface area contributed by atoms with Crippen molar-refractivity contribution in [2.75, 3.05) is 9.80 Å². The molecular formula is C94H94B2N2O2. The molecule has 2 aliphatic carbocycles. The van der Waals surface area contributed by atoms with Crippen LogP contribution in [0, 0.1) is 0 Å². The van der Waals surface area contributed by atoms with E-state index in [-0.39, 0.29) is 35.1 Å². The van der Waals surface area contributed by atoms with Crippen molar-refractivity contribution in [1.29, 1.82) is 0 Å². The van der Waals surface area contributed by atoms with E-state index in [1.165, 1.54) is 164 Å². The lowest BCUT2D eigenvalue weighted by molar-refractivity contribution is 0.442. The summed E-state index contributed by atoms with van der Waals surface area (Å²) in [5, 5.41) is 0. The predicted octanol–water partition coefficient (Wildman–Crippen LogP) is 22.5. The van der Waals surface area contributed by atoms with Crippen molar-refractivity contribution < 1.29 is 9.47 Å². The molecule has 0 unspecified atom stereocenters. The molecule has 2 saturated carbocycles. The van der Waals surface area contributed by atoms with Gasteiger partial charge in [0.25, 0.3) is 13.4 Å². The molecule has 0 N–H and O–H groups in total. The lowest BCUT2D eigenvalue weighted by atomic mass is 9.31. The Labute approximate surface area is 596 Å². The Kier molecular flexibility index (Phi) is 15.6. The number of nitrogens with zero attached hydrogens (tertiary/aromatic N) is 2. The van der Waals surface area contributed by atoms with Crippen LogP contribution in [0.1, 0.15) is 193 Å². The van der Waals surface area contributed by atoms with Crippen molar-refractivity contribution in [3.8, 4) is 67.5 Å². The van der Waals surface area contributed by atoms with Gasteiger partial charge < -0.3 is 19.3 Å². The summed E-state index contributed by atoms with van der Waals surface area (Å²) < 4.78 is 16.2. The fourth-order valence-corrected chi connectivity index (χ4v) is 17.6. The van der Waals surface area contributed by atoms with Crippen LogP contribution in [-0.2, 0) is 21.7 Å². The van der Waals surface area contributed by atoms with E-state index in [1.807, 2.05) is 0 Å². The quantitative estimate of drug-likeness (QED) is 0.142. The standard InChI is InChI=1S/C94H94B2N2O2/c1-91(2,3)71-39-23-61(24-40-71)63-31-47-75(48-32-63)97-81-51-35-67(65-27-43-73(44-28-65)93(7,8)9)55-77(81)95-79-57-69(59-19-15-13-16-20-59)38-54-84(79)100-90-85(95)87(97)89-86-88(90)98(76-49-33-64(34-50-76)62-25-41-72(42-26-62)92(4,5)6)82-52-36-68(66-29-45-74(46-30-66)94(10,11)12)56-78(82)96(86)80-58-70(37-53-83(80)99-89)60-21-17-14-18-22-60/h23-60H,13-22H2,1-12H3. The summed E-state index contributed by atoms with van der Waals surface area (Å²) in [5.74, 6) is 4.60. The van der Waals surface area contributed by atoms with Crippen LogP contribution >= 0.6 is 0 Å². The Morgan fingerprint density at radius 2 is 0.570 bits per heavy atom. The van der Waals surface area contributed by atoms with E-state index in [0.717, 1.165) is 68.0 Å². The normalized spacial score (nSPS) is 15.8. The maximum atomic E-state index is 8.12. The molecule has 4 aliphatic heterocycles. The second-order valence-electron chi connectivity index (χ2n) is 34.1. The predicted molar refractivity (Wildman–Crippen MR) is 426 cm³/mol. The van der Waals surface area contributed by atoms with E-state index in [9.17, 15) is 0 Å². The van der Waals surface area contributed by atoms with Crippen LogP contribution in [0.2, 0.25) is 0 Å². The molecule has 17 rings (SSSR count). The molecule has 0 atom stereocenters. The molecule has 4 nitrogen and oxygen atoms in total. The zero-order chi connectivity index (χ0) is 68.7. The second kappa shape index (κ2) is 24.2. The lowest BCUT2D eigenvalue weighted by Crippen LogP contribution is -2.64. The first-order valence-corrected chi connectivity index (χ1v) is 37.5. The molecule has 6 heteroatoms. The van der Waals surface area contributed by atoms with Gasteiger partial charge in [-0.15, -0.1) is 0 Å². The van der Waals surface area contributed by atoms with Gasteiger partial charge in [0.15, 0.2) is 0 Å². The van der Waals surface area contributed by atoms with E-state index in [0.29, 0.717) is 11.8 Å². The van der Waals surface area contributed by atoms with Crippen LogP contribution in [0.4, 0.5) is 34.1 Å². The molecule has 2 fully saturated rings. The summed E-state index contributed by atoms with van der Waals surface area (Å²) in [6.07, 6.45) is 12.5. The van der Waals surface area contributed by atoms with Crippen LogP contribution in [0.15, 0.2) is 218 Å². The van der Waals surface area contributed by atoms with E-state index in [1.54, 1.807) is 0 Å². The van der Waals surface area contributed by atoms with E-state index >= 15 is 0 Å². The number of anilines is 6. The fourth-order valence-electron chi connectivity index (χ4n) is 17.6. The number of ether oxygens (including phenoxy) is 2. The molecule has 4 heterocycles. The molecule has 0 amide bonds. The van der Waals surface area contributed by atoms with Crippen molar-refractivity contribution in [3.63, 3.8) is 0 Å². The van der Waals surface area contributed by atoms with Gasteiger partial charge in [0.1, 0.15) is 23.0 Å². The van der Waals surface area contributed by atoms with Gasteiger partial charge in [0, 0.05) is 33.7 Å². The average Bonchev–Trinajstić information content (AvgIpc) is 0.671. The van der Waals surface area contributed by atoms with Crippen molar-refractivity contribution in [2.24, 2.45) is 0 Å². The highest BCUT2D eigenvalue weighted by molar-refractivity contribution is 7.02. The van der Waals surface area contributed by atoms with Crippen LogP contribution in [0.25, 0.3) is 44.5 Å². The summed E-state index contributed by atoms with van der Waals surface area (Å²) in [5.41, 5.74) is 31.6. The average molecular weight is 1310 g/mol. The molecule has 6 aliphatic rings. The first-order chi connectivity index (χ1) is 48.1. The largest absolute Gasteiger partial charge is 0.456 e. The molecule has 0 radical (unpaired) electrons. The Morgan fingerprint density at radius 1 is 0.290 bits per heavy atom. The van der Waals surface area contributed by atoms with Gasteiger partial charge >= 0.3 is 0 Å². The first kappa shape index (κ1) is 64.1. The summed E-state index contributed by atoms with van der Waals surface area (Å²) >= 11 is 0. The molecular weight excluding hydrogens is 1210 g/mol. The molecule has 100 heavy (non-hydrogen) atoms. The highest BCUT2D eigenvalue weighted by Gasteiger charge is 2.53. The molecule has 11 aromatic carbocycles. The third kappa shape index (κ3) is 11.2. The summed E-state index contributed by atoms with van der Waals surface area (Å²) in [4.78, 5) is 5.15. The lowest BCUT2D eigenvalue weighted by Gasteiger charge is -2.47.